The third-order valence-electron chi connectivity index (χ3n) is 4.27. The summed E-state index contributed by atoms with van der Waals surface area (Å²) in [6, 6.07) is 4.36. The van der Waals surface area contributed by atoms with Gasteiger partial charge in [-0.25, -0.2) is 14.1 Å². The molecular weight excluding hydrogens is 272 g/mol. The number of nitrogens with zero attached hydrogens (tertiary/aromatic N) is 3. The van der Waals surface area contributed by atoms with Crippen molar-refractivity contribution in [3.05, 3.63) is 47.8 Å². The summed E-state index contributed by atoms with van der Waals surface area (Å²) in [5.74, 6) is 1.06. The normalized spacial score (nSPS) is 11.4. The Kier molecular flexibility index (Phi) is 4.27. The first-order valence-electron chi connectivity index (χ1n) is 8.16. The van der Waals surface area contributed by atoms with Crippen LogP contribution >= 0.6 is 0 Å². The molecule has 1 aromatic carbocycles. The number of fused-ring (bicyclic) bond motifs is 1. The van der Waals surface area contributed by atoms with Gasteiger partial charge in [-0.05, 0) is 43.5 Å². The monoisotopic (exact) mass is 297 g/mol. The summed E-state index contributed by atoms with van der Waals surface area (Å²) in [5.41, 5.74) is 4.82. The van der Waals surface area contributed by atoms with Gasteiger partial charge in [0.05, 0.1) is 24.1 Å². The van der Waals surface area contributed by atoms with Crippen molar-refractivity contribution in [2.24, 2.45) is 0 Å². The molecule has 2 aromatic heterocycles. The number of hydrogen-bond donors (Lipinski definition) is 1. The van der Waals surface area contributed by atoms with Crippen LogP contribution in [-0.2, 0) is 19.5 Å². The predicted octanol–water partition coefficient (Wildman–Crippen LogP) is 3.31. The van der Waals surface area contributed by atoms with Crippen molar-refractivity contribution in [3.63, 3.8) is 0 Å². The highest BCUT2D eigenvalue weighted by Gasteiger charge is 2.08. The van der Waals surface area contributed by atoms with Crippen LogP contribution in [0.1, 0.15) is 36.7 Å². The zero-order valence-corrected chi connectivity index (χ0v) is 13.8. The summed E-state index contributed by atoms with van der Waals surface area (Å²) in [7, 11) is 0. The fraction of sp³-hybridized carbons (Fsp3) is 0.444. The molecule has 0 saturated carbocycles. The third-order valence-corrected chi connectivity index (χ3v) is 4.27. The van der Waals surface area contributed by atoms with E-state index in [0.717, 1.165) is 36.4 Å². The summed E-state index contributed by atoms with van der Waals surface area (Å²) < 4.78 is 4.49. The van der Waals surface area contributed by atoms with Gasteiger partial charge in [0.15, 0.2) is 0 Å². The first kappa shape index (κ1) is 14.8. The molecule has 0 amide bonds. The molecular formula is C18H25N4+. The van der Waals surface area contributed by atoms with Gasteiger partial charge in [-0.1, -0.05) is 13.3 Å². The maximum absolute atomic E-state index is 4.71. The number of nitrogens with one attached hydrogen (secondary N) is 1. The summed E-state index contributed by atoms with van der Waals surface area (Å²) in [6.45, 7) is 8.56. The molecule has 4 heteroatoms. The Morgan fingerprint density at radius 1 is 1.23 bits per heavy atom. The predicted molar refractivity (Wildman–Crippen MR) is 88.8 cm³/mol. The highest BCUT2D eigenvalue weighted by molar-refractivity contribution is 5.77. The van der Waals surface area contributed by atoms with E-state index < -0.39 is 0 Å². The van der Waals surface area contributed by atoms with Crippen LogP contribution in [0.5, 0.6) is 0 Å². The Morgan fingerprint density at radius 2 is 2.05 bits per heavy atom. The molecule has 0 aliphatic heterocycles. The van der Waals surface area contributed by atoms with Gasteiger partial charge in [-0.2, -0.15) is 0 Å². The Balaban J connectivity index is 1.67. The lowest BCUT2D eigenvalue weighted by atomic mass is 10.1. The van der Waals surface area contributed by atoms with Gasteiger partial charge in [0.2, 0.25) is 6.33 Å². The van der Waals surface area contributed by atoms with Gasteiger partial charge in [0.1, 0.15) is 18.2 Å². The van der Waals surface area contributed by atoms with E-state index in [9.17, 15) is 0 Å². The number of aromatic amines is 1. The van der Waals surface area contributed by atoms with E-state index >= 15 is 0 Å². The lowest BCUT2D eigenvalue weighted by molar-refractivity contribution is -0.696. The molecule has 22 heavy (non-hydrogen) atoms. The quantitative estimate of drug-likeness (QED) is 0.696. The third kappa shape index (κ3) is 3.21. The molecule has 0 fully saturated rings. The van der Waals surface area contributed by atoms with E-state index in [-0.39, 0.29) is 0 Å². The van der Waals surface area contributed by atoms with Gasteiger partial charge in [0.25, 0.3) is 0 Å². The Morgan fingerprint density at radius 3 is 2.86 bits per heavy atom. The minimum atomic E-state index is 0.926. The second-order valence-electron chi connectivity index (χ2n) is 6.13. The molecule has 116 valence electrons. The highest BCUT2D eigenvalue weighted by Crippen LogP contribution is 2.17. The molecule has 1 N–H and O–H groups in total. The second kappa shape index (κ2) is 6.34. The lowest BCUT2D eigenvalue weighted by Crippen LogP contribution is -2.30. The lowest BCUT2D eigenvalue weighted by Gasteiger charge is -1.97. The van der Waals surface area contributed by atoms with Crippen LogP contribution in [-0.4, -0.2) is 14.5 Å². The van der Waals surface area contributed by atoms with E-state index in [1.165, 1.54) is 24.0 Å². The van der Waals surface area contributed by atoms with Gasteiger partial charge in [-0.3, -0.25) is 0 Å². The minimum Gasteiger partial charge on any atom is -0.342 e. The number of imidazole rings is 2. The molecule has 0 atom stereocenters. The average molecular weight is 297 g/mol. The standard InChI is InChI=1S/C18H25N4/c1-4-5-7-21-9-10-22(13-21)8-6-18-19-16-11-14(2)15(3)12-17(16)20-18/h9-13H,4-8H2,1-3H3,(H,19,20)/q+1. The molecule has 3 rings (SSSR count). The van der Waals surface area contributed by atoms with Crippen LogP contribution in [0.25, 0.3) is 11.0 Å². The zero-order chi connectivity index (χ0) is 15.5. The van der Waals surface area contributed by atoms with Crippen molar-refractivity contribution < 1.29 is 4.57 Å². The summed E-state index contributed by atoms with van der Waals surface area (Å²) >= 11 is 0. The fourth-order valence-corrected chi connectivity index (χ4v) is 2.72. The molecule has 0 spiro atoms. The topological polar surface area (TPSA) is 37.5 Å². The van der Waals surface area contributed by atoms with Crippen LogP contribution in [0.15, 0.2) is 30.9 Å². The number of benzene rings is 1. The Labute approximate surface area is 131 Å². The van der Waals surface area contributed by atoms with Crippen LogP contribution in [0.2, 0.25) is 0 Å². The van der Waals surface area contributed by atoms with Gasteiger partial charge in [-0.15, -0.1) is 0 Å². The molecule has 0 aliphatic rings. The fourth-order valence-electron chi connectivity index (χ4n) is 2.72. The Bertz CT molecular complexity index is 728. The molecule has 0 radical (unpaired) electrons. The first-order chi connectivity index (χ1) is 10.7. The number of unbranched alkanes of at least 4 members (excludes halogenated alkanes) is 1. The molecule has 0 unspecified atom stereocenters. The van der Waals surface area contributed by atoms with E-state index in [2.05, 4.69) is 65.7 Å². The highest BCUT2D eigenvalue weighted by atomic mass is 15.1. The van der Waals surface area contributed by atoms with Crippen LogP contribution in [0.3, 0.4) is 0 Å². The van der Waals surface area contributed by atoms with E-state index in [1.807, 2.05) is 0 Å². The molecule has 2 heterocycles. The smallest absolute Gasteiger partial charge is 0.243 e. The van der Waals surface area contributed by atoms with Crippen LogP contribution in [0, 0.1) is 13.8 Å². The van der Waals surface area contributed by atoms with E-state index in [4.69, 9.17) is 4.98 Å². The van der Waals surface area contributed by atoms with Crippen molar-refractivity contribution in [2.45, 2.75) is 53.1 Å². The number of aromatic nitrogens is 4. The van der Waals surface area contributed by atoms with Gasteiger partial charge >= 0.3 is 0 Å². The second-order valence-corrected chi connectivity index (χ2v) is 6.13. The molecule has 3 aromatic rings. The minimum absolute atomic E-state index is 0.926. The van der Waals surface area contributed by atoms with E-state index in [1.54, 1.807) is 0 Å². The summed E-state index contributed by atoms with van der Waals surface area (Å²) in [6.07, 6.45) is 9.88. The van der Waals surface area contributed by atoms with Gasteiger partial charge < -0.3 is 4.98 Å². The average Bonchev–Trinajstić information content (AvgIpc) is 3.10. The molecule has 0 bridgehead atoms. The number of H-pyrrole nitrogens is 1. The molecule has 0 aliphatic carbocycles. The number of hydrogen-bond acceptors (Lipinski definition) is 1. The van der Waals surface area contributed by atoms with Crippen molar-refractivity contribution >= 4 is 11.0 Å². The molecule has 4 nitrogen and oxygen atoms in total. The maximum Gasteiger partial charge on any atom is 0.243 e. The van der Waals surface area contributed by atoms with Gasteiger partial charge in [0, 0.05) is 6.42 Å². The Hall–Kier alpha value is -2.10. The molecule has 0 saturated heterocycles. The van der Waals surface area contributed by atoms with Crippen molar-refractivity contribution in [1.29, 1.82) is 0 Å². The largest absolute Gasteiger partial charge is 0.342 e. The van der Waals surface area contributed by atoms with Crippen LogP contribution < -0.4 is 4.57 Å². The van der Waals surface area contributed by atoms with Crippen molar-refractivity contribution in [3.8, 4) is 0 Å². The summed E-state index contributed by atoms with van der Waals surface area (Å²) in [4.78, 5) is 8.15. The first-order valence-corrected chi connectivity index (χ1v) is 8.16. The van der Waals surface area contributed by atoms with Crippen LogP contribution in [0.4, 0.5) is 0 Å². The maximum atomic E-state index is 4.71. The van der Waals surface area contributed by atoms with Crippen molar-refractivity contribution in [1.82, 2.24) is 14.5 Å². The van der Waals surface area contributed by atoms with Crippen molar-refractivity contribution in [2.75, 3.05) is 0 Å². The SMILES string of the molecule is CCCC[n+]1ccn(CCc2nc3cc(C)c(C)cc3[nH]2)c1. The summed E-state index contributed by atoms with van der Waals surface area (Å²) in [5, 5.41) is 0. The zero-order valence-electron chi connectivity index (χ0n) is 13.8. The number of aryl methyl sites for hydroxylation is 5. The number of rotatable bonds is 6. The van der Waals surface area contributed by atoms with E-state index in [0.29, 0.717) is 0 Å².